The summed E-state index contributed by atoms with van der Waals surface area (Å²) in [6.45, 7) is 4.28. The summed E-state index contributed by atoms with van der Waals surface area (Å²) in [6.07, 6.45) is 1.66. The van der Waals surface area contributed by atoms with Gasteiger partial charge in [-0.2, -0.15) is 0 Å². The van der Waals surface area contributed by atoms with Gasteiger partial charge in [0.15, 0.2) is 11.5 Å². The van der Waals surface area contributed by atoms with Crippen LogP contribution < -0.4 is 9.47 Å². The molecule has 0 fully saturated rings. The zero-order chi connectivity index (χ0) is 28.6. The molecule has 0 saturated carbocycles. The molecule has 0 radical (unpaired) electrons. The lowest BCUT2D eigenvalue weighted by molar-refractivity contribution is -0.138. The summed E-state index contributed by atoms with van der Waals surface area (Å²) in [7, 11) is 0. The molecule has 0 bridgehead atoms. The molecule has 0 unspecified atom stereocenters. The van der Waals surface area contributed by atoms with E-state index >= 15 is 0 Å². The van der Waals surface area contributed by atoms with Gasteiger partial charge in [0, 0.05) is 5.02 Å². The van der Waals surface area contributed by atoms with Gasteiger partial charge < -0.3 is 19.3 Å². The number of ether oxygens (including phenoxy) is 3. The Bertz CT molecular complexity index is 1530. The molecule has 7 nitrogen and oxygen atoms in total. The van der Waals surface area contributed by atoms with E-state index in [0.29, 0.717) is 40.2 Å². The van der Waals surface area contributed by atoms with Crippen LogP contribution in [-0.4, -0.2) is 35.2 Å². The highest BCUT2D eigenvalue weighted by Crippen LogP contribution is 2.40. The van der Waals surface area contributed by atoms with Crippen LogP contribution >= 0.6 is 35.0 Å². The molecule has 3 aromatic carbocycles. The number of carbonyl (C=O) groups excluding carboxylic acids is 2. The highest BCUT2D eigenvalue weighted by Gasteiger charge is 2.34. The SMILES string of the molecule is CCOC(=O)C1=C(O)/C(=C/c2ccc(OCc3cccc(Cl)c3)c(OCC)c2)SC1=NC(=O)c1ccccc1Cl. The number of amides is 1. The average molecular weight is 599 g/mol. The number of hydrogen-bond donors (Lipinski definition) is 1. The Morgan fingerprint density at radius 2 is 1.75 bits per heavy atom. The summed E-state index contributed by atoms with van der Waals surface area (Å²) in [6, 6.07) is 19.1. The van der Waals surface area contributed by atoms with E-state index in [0.717, 1.165) is 17.3 Å². The number of nitrogens with zero attached hydrogens (tertiary/aromatic N) is 1. The maximum atomic E-state index is 12.9. The Balaban J connectivity index is 1.64. The fourth-order valence-corrected chi connectivity index (χ4v) is 5.16. The van der Waals surface area contributed by atoms with Crippen LogP contribution in [0.3, 0.4) is 0 Å². The van der Waals surface area contributed by atoms with Crippen molar-refractivity contribution in [2.75, 3.05) is 13.2 Å². The summed E-state index contributed by atoms with van der Waals surface area (Å²) in [4.78, 5) is 30.0. The monoisotopic (exact) mass is 597 g/mol. The normalized spacial score (nSPS) is 15.0. The Hall–Kier alpha value is -3.72. The fraction of sp³-hybridized carbons (Fsp3) is 0.167. The van der Waals surface area contributed by atoms with Crippen LogP contribution in [0.5, 0.6) is 11.5 Å². The molecule has 0 spiro atoms. The second-order valence-electron chi connectivity index (χ2n) is 8.31. The molecule has 1 N–H and O–H groups in total. The molecular formula is C30H25Cl2NO6S. The lowest BCUT2D eigenvalue weighted by Gasteiger charge is -2.13. The van der Waals surface area contributed by atoms with Crippen molar-refractivity contribution >= 4 is 58.0 Å². The van der Waals surface area contributed by atoms with Gasteiger partial charge in [-0.3, -0.25) is 4.79 Å². The summed E-state index contributed by atoms with van der Waals surface area (Å²) >= 11 is 13.2. The van der Waals surface area contributed by atoms with Crippen molar-refractivity contribution in [3.8, 4) is 11.5 Å². The van der Waals surface area contributed by atoms with Gasteiger partial charge in [0.1, 0.15) is 23.0 Å². The molecule has 40 heavy (non-hydrogen) atoms. The summed E-state index contributed by atoms with van der Waals surface area (Å²) in [5, 5.41) is 11.8. The quantitative estimate of drug-likeness (QED) is 0.253. The number of thioether (sulfide) groups is 1. The standard InChI is InChI=1S/C30H25Cl2NO6S/c1-3-37-24-15-18(12-13-23(24)39-17-19-8-7-9-20(31)14-19)16-25-27(34)26(30(36)38-4-2)29(40-25)33-28(35)21-10-5-6-11-22(21)32/h5-16,34H,3-4,17H2,1-2H3/b25-16-,33-29?. The van der Waals surface area contributed by atoms with Crippen LogP contribution in [-0.2, 0) is 16.1 Å². The molecule has 3 aromatic rings. The summed E-state index contributed by atoms with van der Waals surface area (Å²) in [5.41, 5.74) is 1.55. The minimum absolute atomic E-state index is 0.0126. The lowest BCUT2D eigenvalue weighted by Crippen LogP contribution is -2.14. The zero-order valence-corrected chi connectivity index (χ0v) is 24.0. The molecule has 0 saturated heterocycles. The van der Waals surface area contributed by atoms with Crippen LogP contribution in [0.25, 0.3) is 6.08 Å². The van der Waals surface area contributed by atoms with Crippen LogP contribution in [0.1, 0.15) is 35.3 Å². The van der Waals surface area contributed by atoms with Gasteiger partial charge in [-0.25, -0.2) is 9.79 Å². The molecule has 0 atom stereocenters. The first-order valence-corrected chi connectivity index (χ1v) is 13.9. The molecular weight excluding hydrogens is 573 g/mol. The number of aliphatic hydroxyl groups is 1. The predicted molar refractivity (Wildman–Crippen MR) is 158 cm³/mol. The first-order valence-electron chi connectivity index (χ1n) is 12.3. The number of rotatable bonds is 9. The third-order valence-electron chi connectivity index (χ3n) is 5.53. The number of aliphatic hydroxyl groups excluding tert-OH is 1. The third kappa shape index (κ3) is 7.07. The highest BCUT2D eigenvalue weighted by molar-refractivity contribution is 8.18. The van der Waals surface area contributed by atoms with Gasteiger partial charge in [-0.1, -0.05) is 65.3 Å². The highest BCUT2D eigenvalue weighted by atomic mass is 35.5. The lowest BCUT2D eigenvalue weighted by atomic mass is 10.1. The number of benzene rings is 3. The van der Waals surface area contributed by atoms with Gasteiger partial charge in [-0.05, 0) is 67.4 Å². The van der Waals surface area contributed by atoms with Crippen molar-refractivity contribution in [2.24, 2.45) is 4.99 Å². The first-order chi connectivity index (χ1) is 19.3. The van der Waals surface area contributed by atoms with E-state index in [1.165, 1.54) is 6.07 Å². The van der Waals surface area contributed by atoms with Gasteiger partial charge in [0.05, 0.1) is 28.7 Å². The van der Waals surface area contributed by atoms with Crippen molar-refractivity contribution in [1.82, 2.24) is 0 Å². The smallest absolute Gasteiger partial charge is 0.344 e. The Labute approximate surface area is 246 Å². The molecule has 1 aliphatic rings. The molecule has 1 heterocycles. The summed E-state index contributed by atoms with van der Waals surface area (Å²) < 4.78 is 16.9. The van der Waals surface area contributed by atoms with Crippen LogP contribution in [0.2, 0.25) is 10.0 Å². The van der Waals surface area contributed by atoms with Crippen molar-refractivity contribution in [3.05, 3.63) is 110 Å². The largest absolute Gasteiger partial charge is 0.506 e. The second-order valence-corrected chi connectivity index (χ2v) is 10.2. The number of hydrogen-bond acceptors (Lipinski definition) is 7. The van der Waals surface area contributed by atoms with E-state index in [-0.39, 0.29) is 33.6 Å². The van der Waals surface area contributed by atoms with Crippen molar-refractivity contribution in [3.63, 3.8) is 0 Å². The van der Waals surface area contributed by atoms with Gasteiger partial charge in [0.2, 0.25) is 0 Å². The Kier molecular flexibility index (Phi) is 9.93. The van der Waals surface area contributed by atoms with E-state index in [2.05, 4.69) is 4.99 Å². The molecule has 0 aromatic heterocycles. The first kappa shape index (κ1) is 29.3. The second kappa shape index (κ2) is 13.6. The molecule has 4 rings (SSSR count). The minimum Gasteiger partial charge on any atom is -0.506 e. The van der Waals surface area contributed by atoms with Crippen LogP contribution in [0.4, 0.5) is 0 Å². The zero-order valence-electron chi connectivity index (χ0n) is 21.6. The Morgan fingerprint density at radius 3 is 2.48 bits per heavy atom. The van der Waals surface area contributed by atoms with Gasteiger partial charge in [0.25, 0.3) is 5.91 Å². The molecule has 1 aliphatic heterocycles. The average Bonchev–Trinajstić information content (AvgIpc) is 3.22. The number of esters is 1. The van der Waals surface area contributed by atoms with Crippen LogP contribution in [0.15, 0.2) is 88.0 Å². The Morgan fingerprint density at radius 1 is 0.950 bits per heavy atom. The van der Waals surface area contributed by atoms with Crippen molar-refractivity contribution in [2.45, 2.75) is 20.5 Å². The molecule has 1 amide bonds. The number of aliphatic imine (C=N–C) groups is 1. The molecule has 10 heteroatoms. The van der Waals surface area contributed by atoms with Gasteiger partial charge in [-0.15, -0.1) is 0 Å². The van der Waals surface area contributed by atoms with E-state index in [9.17, 15) is 14.7 Å². The molecule has 0 aliphatic carbocycles. The third-order valence-corrected chi connectivity index (χ3v) is 7.11. The predicted octanol–water partition coefficient (Wildman–Crippen LogP) is 7.67. The minimum atomic E-state index is -0.790. The number of carbonyl (C=O) groups is 2. The maximum absolute atomic E-state index is 12.9. The summed E-state index contributed by atoms with van der Waals surface area (Å²) in [5.74, 6) is -0.750. The van der Waals surface area contributed by atoms with E-state index in [4.69, 9.17) is 37.4 Å². The van der Waals surface area contributed by atoms with Crippen LogP contribution in [0, 0.1) is 0 Å². The maximum Gasteiger partial charge on any atom is 0.344 e. The van der Waals surface area contributed by atoms with E-state index < -0.39 is 11.9 Å². The fourth-order valence-electron chi connectivity index (χ4n) is 3.72. The van der Waals surface area contributed by atoms with E-state index in [1.54, 1.807) is 55.5 Å². The van der Waals surface area contributed by atoms with Gasteiger partial charge >= 0.3 is 5.97 Å². The molecule has 206 valence electrons. The van der Waals surface area contributed by atoms with Crippen molar-refractivity contribution in [1.29, 1.82) is 0 Å². The van der Waals surface area contributed by atoms with Crippen molar-refractivity contribution < 1.29 is 28.9 Å². The topological polar surface area (TPSA) is 94.4 Å². The number of halogens is 2. The van der Waals surface area contributed by atoms with E-state index in [1.807, 2.05) is 25.1 Å².